The Hall–Kier alpha value is -0.780. The number of hydrogen-bond donors (Lipinski definition) is 2. The molecule has 0 saturated carbocycles. The summed E-state index contributed by atoms with van der Waals surface area (Å²) < 4.78 is 5.21. The molecule has 20 heavy (non-hydrogen) atoms. The van der Waals surface area contributed by atoms with Gasteiger partial charge < -0.3 is 15.4 Å². The van der Waals surface area contributed by atoms with Gasteiger partial charge in [-0.1, -0.05) is 11.6 Å². The topological polar surface area (TPSA) is 50.4 Å². The van der Waals surface area contributed by atoms with Crippen molar-refractivity contribution in [3.63, 3.8) is 0 Å². The molecule has 0 aliphatic heterocycles. The van der Waals surface area contributed by atoms with Crippen LogP contribution in [0.15, 0.2) is 11.4 Å². The van der Waals surface area contributed by atoms with Gasteiger partial charge in [-0.05, 0) is 40.7 Å². The summed E-state index contributed by atoms with van der Waals surface area (Å²) in [5.74, 6) is 0. The van der Waals surface area contributed by atoms with Crippen molar-refractivity contribution in [2.45, 2.75) is 52.3 Å². The van der Waals surface area contributed by atoms with Crippen LogP contribution in [0.25, 0.3) is 0 Å². The lowest BCUT2D eigenvalue weighted by Crippen LogP contribution is -2.49. The second-order valence-corrected chi connectivity index (χ2v) is 7.76. The zero-order valence-electron chi connectivity index (χ0n) is 12.7. The molecule has 1 aromatic heterocycles. The Labute approximate surface area is 129 Å². The van der Waals surface area contributed by atoms with Crippen molar-refractivity contribution in [2.75, 3.05) is 6.54 Å². The van der Waals surface area contributed by atoms with Crippen LogP contribution in [-0.2, 0) is 11.3 Å². The minimum Gasteiger partial charge on any atom is -0.444 e. The number of carbonyl (C=O) groups excluding carboxylic acids is 1. The van der Waals surface area contributed by atoms with Gasteiger partial charge >= 0.3 is 6.09 Å². The number of hydrogen-bond acceptors (Lipinski definition) is 4. The fourth-order valence-electron chi connectivity index (χ4n) is 1.44. The van der Waals surface area contributed by atoms with E-state index in [1.807, 2.05) is 46.1 Å². The van der Waals surface area contributed by atoms with Crippen LogP contribution in [0.3, 0.4) is 0 Å². The van der Waals surface area contributed by atoms with Crippen LogP contribution in [0.2, 0.25) is 5.02 Å². The van der Waals surface area contributed by atoms with Gasteiger partial charge in [0, 0.05) is 28.9 Å². The SMILES string of the molecule is CC(C)(CNC(=O)OC(C)(C)C)NCc1cc(Cl)cs1. The Morgan fingerprint density at radius 1 is 1.35 bits per heavy atom. The van der Waals surface area contributed by atoms with Crippen LogP contribution in [-0.4, -0.2) is 23.8 Å². The third-order valence-corrected chi connectivity index (χ3v) is 3.72. The predicted octanol–water partition coefficient (Wildman–Crippen LogP) is 3.79. The maximum atomic E-state index is 11.6. The maximum Gasteiger partial charge on any atom is 0.407 e. The molecule has 114 valence electrons. The second-order valence-electron chi connectivity index (χ2n) is 6.32. The Morgan fingerprint density at radius 2 is 2.00 bits per heavy atom. The van der Waals surface area contributed by atoms with E-state index < -0.39 is 11.7 Å². The van der Waals surface area contributed by atoms with Gasteiger partial charge in [-0.15, -0.1) is 11.3 Å². The highest BCUT2D eigenvalue weighted by molar-refractivity contribution is 7.10. The number of thiophene rings is 1. The van der Waals surface area contributed by atoms with Crippen LogP contribution in [0, 0.1) is 0 Å². The highest BCUT2D eigenvalue weighted by Crippen LogP contribution is 2.19. The molecule has 0 aliphatic rings. The molecule has 1 rings (SSSR count). The summed E-state index contributed by atoms with van der Waals surface area (Å²) in [4.78, 5) is 12.8. The number of nitrogens with one attached hydrogen (secondary N) is 2. The van der Waals surface area contributed by atoms with Crippen LogP contribution < -0.4 is 10.6 Å². The second kappa shape index (κ2) is 6.78. The number of halogens is 1. The lowest BCUT2D eigenvalue weighted by atomic mass is 10.1. The molecule has 4 nitrogen and oxygen atoms in total. The van der Waals surface area contributed by atoms with Gasteiger partial charge in [0.2, 0.25) is 0 Å². The van der Waals surface area contributed by atoms with Crippen molar-refractivity contribution in [1.29, 1.82) is 0 Å². The molecule has 0 saturated heterocycles. The van der Waals surface area contributed by atoms with Crippen molar-refractivity contribution in [1.82, 2.24) is 10.6 Å². The first-order valence-corrected chi connectivity index (χ1v) is 7.78. The molecule has 0 aliphatic carbocycles. The van der Waals surface area contributed by atoms with Crippen LogP contribution in [0.1, 0.15) is 39.5 Å². The molecule has 6 heteroatoms. The quantitative estimate of drug-likeness (QED) is 0.868. The summed E-state index contributed by atoms with van der Waals surface area (Å²) in [6, 6.07) is 1.94. The van der Waals surface area contributed by atoms with Crippen molar-refractivity contribution < 1.29 is 9.53 Å². The number of amides is 1. The first-order chi connectivity index (χ1) is 9.07. The van der Waals surface area contributed by atoms with E-state index in [1.54, 1.807) is 11.3 Å². The molecule has 0 fully saturated rings. The molecule has 0 radical (unpaired) electrons. The van der Waals surface area contributed by atoms with Crippen LogP contribution >= 0.6 is 22.9 Å². The largest absolute Gasteiger partial charge is 0.444 e. The summed E-state index contributed by atoms with van der Waals surface area (Å²) in [6.07, 6.45) is -0.397. The van der Waals surface area contributed by atoms with Crippen molar-refractivity contribution in [3.05, 3.63) is 21.3 Å². The van der Waals surface area contributed by atoms with E-state index >= 15 is 0 Å². The van der Waals surface area contributed by atoms with Gasteiger partial charge in [-0.2, -0.15) is 0 Å². The summed E-state index contributed by atoms with van der Waals surface area (Å²) in [6.45, 7) is 10.8. The molecule has 0 unspecified atom stereocenters. The Balaban J connectivity index is 2.35. The Morgan fingerprint density at radius 3 is 2.50 bits per heavy atom. The van der Waals surface area contributed by atoms with Gasteiger partial charge in [0.25, 0.3) is 0 Å². The predicted molar refractivity (Wildman–Crippen MR) is 84.5 cm³/mol. The standard InChI is InChI=1S/C14H23ClN2O2S/c1-13(2,3)19-12(18)16-9-14(4,5)17-7-11-6-10(15)8-20-11/h6,8,17H,7,9H2,1-5H3,(H,16,18). The van der Waals surface area contributed by atoms with Gasteiger partial charge in [-0.25, -0.2) is 4.79 Å². The molecule has 0 atom stereocenters. The van der Waals surface area contributed by atoms with Crippen molar-refractivity contribution >= 4 is 29.0 Å². The average molecular weight is 319 g/mol. The first kappa shape index (κ1) is 17.3. The van der Waals surface area contributed by atoms with E-state index in [0.29, 0.717) is 6.54 Å². The molecule has 1 aromatic rings. The third-order valence-electron chi connectivity index (χ3n) is 2.44. The molecule has 1 heterocycles. The van der Waals surface area contributed by atoms with E-state index in [9.17, 15) is 4.79 Å². The summed E-state index contributed by atoms with van der Waals surface area (Å²) in [7, 11) is 0. The molecule has 0 spiro atoms. The summed E-state index contributed by atoms with van der Waals surface area (Å²) >= 11 is 7.50. The Bertz CT molecular complexity index is 452. The molecule has 1 amide bonds. The normalized spacial score (nSPS) is 12.3. The van der Waals surface area contributed by atoms with Gasteiger partial charge in [0.05, 0.1) is 5.02 Å². The van der Waals surface area contributed by atoms with E-state index in [1.165, 1.54) is 4.88 Å². The summed E-state index contributed by atoms with van der Waals surface area (Å²) in [5, 5.41) is 8.83. The fourth-order valence-corrected chi connectivity index (χ4v) is 2.46. The molecule has 0 bridgehead atoms. The summed E-state index contributed by atoms with van der Waals surface area (Å²) in [5.41, 5.74) is -0.706. The number of ether oxygens (including phenoxy) is 1. The Kier molecular flexibility index (Phi) is 5.86. The first-order valence-electron chi connectivity index (χ1n) is 6.52. The lowest BCUT2D eigenvalue weighted by molar-refractivity contribution is 0.0513. The highest BCUT2D eigenvalue weighted by atomic mass is 35.5. The van der Waals surface area contributed by atoms with Gasteiger partial charge in [0.1, 0.15) is 5.60 Å². The number of alkyl carbamates (subject to hydrolysis) is 1. The number of rotatable bonds is 5. The minimum atomic E-state index is -0.477. The smallest absolute Gasteiger partial charge is 0.407 e. The van der Waals surface area contributed by atoms with Gasteiger partial charge in [0.15, 0.2) is 0 Å². The van der Waals surface area contributed by atoms with E-state index in [-0.39, 0.29) is 5.54 Å². The van der Waals surface area contributed by atoms with E-state index in [2.05, 4.69) is 10.6 Å². The van der Waals surface area contributed by atoms with Gasteiger partial charge in [-0.3, -0.25) is 0 Å². The maximum absolute atomic E-state index is 11.6. The highest BCUT2D eigenvalue weighted by Gasteiger charge is 2.21. The molecular formula is C14H23ClN2O2S. The lowest BCUT2D eigenvalue weighted by Gasteiger charge is -2.27. The molecule has 0 aromatic carbocycles. The number of carbonyl (C=O) groups is 1. The molecular weight excluding hydrogens is 296 g/mol. The van der Waals surface area contributed by atoms with Crippen LogP contribution in [0.4, 0.5) is 4.79 Å². The monoisotopic (exact) mass is 318 g/mol. The van der Waals surface area contributed by atoms with Crippen LogP contribution in [0.5, 0.6) is 0 Å². The zero-order valence-corrected chi connectivity index (χ0v) is 14.2. The van der Waals surface area contributed by atoms with Crippen molar-refractivity contribution in [3.8, 4) is 0 Å². The molecule has 2 N–H and O–H groups in total. The zero-order chi connectivity index (χ0) is 15.4. The van der Waals surface area contributed by atoms with Crippen molar-refractivity contribution in [2.24, 2.45) is 0 Å². The fraction of sp³-hybridized carbons (Fsp3) is 0.643. The average Bonchev–Trinajstić information content (AvgIpc) is 2.68. The minimum absolute atomic E-state index is 0.229. The van der Waals surface area contributed by atoms with E-state index in [4.69, 9.17) is 16.3 Å². The van der Waals surface area contributed by atoms with E-state index in [0.717, 1.165) is 11.6 Å². The third kappa shape index (κ3) is 7.12.